The smallest absolute Gasteiger partial charge is 0.236 e. The van der Waals surface area contributed by atoms with Gasteiger partial charge >= 0.3 is 0 Å². The van der Waals surface area contributed by atoms with Crippen LogP contribution in [0.5, 0.6) is 0 Å². The van der Waals surface area contributed by atoms with Crippen molar-refractivity contribution in [3.63, 3.8) is 0 Å². The van der Waals surface area contributed by atoms with Gasteiger partial charge in [0, 0.05) is 25.3 Å². The summed E-state index contributed by atoms with van der Waals surface area (Å²) in [5.41, 5.74) is 3.06. The predicted octanol–water partition coefficient (Wildman–Crippen LogP) is 4.17. The van der Waals surface area contributed by atoms with Crippen LogP contribution in [0.3, 0.4) is 0 Å². The maximum absolute atomic E-state index is 12.3. The highest BCUT2D eigenvalue weighted by Crippen LogP contribution is 2.26. The van der Waals surface area contributed by atoms with Gasteiger partial charge in [-0.25, -0.2) is 4.98 Å². The molecule has 0 radical (unpaired) electrons. The second-order valence-electron chi connectivity index (χ2n) is 6.81. The van der Waals surface area contributed by atoms with Gasteiger partial charge in [-0.2, -0.15) is 0 Å². The average molecular weight is 382 g/mol. The number of carbonyl (C=O) groups excluding carboxylic acids is 1. The SMILES string of the molecule is Cc1oc(-c2cccs2)nc1CC(=O)NCc1ccc(N2CCCC2)cc1. The van der Waals surface area contributed by atoms with E-state index in [1.165, 1.54) is 18.5 Å². The van der Waals surface area contributed by atoms with Crippen molar-refractivity contribution in [1.29, 1.82) is 0 Å². The van der Waals surface area contributed by atoms with E-state index in [-0.39, 0.29) is 12.3 Å². The molecule has 1 amide bonds. The maximum Gasteiger partial charge on any atom is 0.236 e. The van der Waals surface area contributed by atoms with Gasteiger partial charge in [0.1, 0.15) is 5.76 Å². The number of benzene rings is 1. The van der Waals surface area contributed by atoms with E-state index in [1.54, 1.807) is 11.3 Å². The van der Waals surface area contributed by atoms with Crippen LogP contribution in [-0.2, 0) is 17.8 Å². The number of nitrogens with zero attached hydrogens (tertiary/aromatic N) is 2. The van der Waals surface area contributed by atoms with Crippen molar-refractivity contribution in [1.82, 2.24) is 10.3 Å². The van der Waals surface area contributed by atoms with Crippen molar-refractivity contribution in [3.8, 4) is 10.8 Å². The summed E-state index contributed by atoms with van der Waals surface area (Å²) in [5, 5.41) is 4.96. The third kappa shape index (κ3) is 4.22. The molecule has 0 unspecified atom stereocenters. The highest BCUT2D eigenvalue weighted by atomic mass is 32.1. The quantitative estimate of drug-likeness (QED) is 0.696. The summed E-state index contributed by atoms with van der Waals surface area (Å²) in [7, 11) is 0. The number of anilines is 1. The van der Waals surface area contributed by atoms with Crippen LogP contribution in [0.2, 0.25) is 0 Å². The van der Waals surface area contributed by atoms with Crippen LogP contribution in [0, 0.1) is 6.92 Å². The van der Waals surface area contributed by atoms with Crippen molar-refractivity contribution < 1.29 is 9.21 Å². The van der Waals surface area contributed by atoms with Gasteiger partial charge < -0.3 is 14.6 Å². The lowest BCUT2D eigenvalue weighted by Gasteiger charge is -2.17. The van der Waals surface area contributed by atoms with E-state index >= 15 is 0 Å². The molecule has 6 heteroatoms. The molecule has 1 aromatic carbocycles. The Balaban J connectivity index is 1.32. The molecule has 1 aliphatic rings. The normalized spacial score (nSPS) is 13.9. The van der Waals surface area contributed by atoms with Gasteiger partial charge in [0.2, 0.25) is 11.8 Å². The van der Waals surface area contributed by atoms with Gasteiger partial charge in [-0.3, -0.25) is 4.79 Å². The van der Waals surface area contributed by atoms with Gasteiger partial charge in [-0.15, -0.1) is 11.3 Å². The summed E-state index contributed by atoms with van der Waals surface area (Å²) in [5.74, 6) is 1.24. The van der Waals surface area contributed by atoms with Gasteiger partial charge in [-0.05, 0) is 48.9 Å². The van der Waals surface area contributed by atoms with Crippen LogP contribution in [0.25, 0.3) is 10.8 Å². The topological polar surface area (TPSA) is 58.4 Å². The number of aromatic nitrogens is 1. The molecule has 2 aromatic heterocycles. The molecule has 0 aliphatic carbocycles. The zero-order valence-corrected chi connectivity index (χ0v) is 16.2. The monoisotopic (exact) mass is 381 g/mol. The molecule has 1 N–H and O–H groups in total. The van der Waals surface area contributed by atoms with E-state index in [1.807, 2.05) is 24.4 Å². The molecule has 3 heterocycles. The number of hydrogen-bond acceptors (Lipinski definition) is 5. The highest BCUT2D eigenvalue weighted by Gasteiger charge is 2.15. The molecular weight excluding hydrogens is 358 g/mol. The number of rotatable bonds is 6. The Labute approximate surface area is 163 Å². The van der Waals surface area contributed by atoms with E-state index in [0.717, 1.165) is 23.5 Å². The van der Waals surface area contributed by atoms with Crippen LogP contribution >= 0.6 is 11.3 Å². The van der Waals surface area contributed by atoms with E-state index < -0.39 is 0 Å². The first-order valence-electron chi connectivity index (χ1n) is 9.30. The van der Waals surface area contributed by atoms with Crippen molar-refractivity contribution >= 4 is 22.9 Å². The van der Waals surface area contributed by atoms with Crippen molar-refractivity contribution in [2.24, 2.45) is 0 Å². The average Bonchev–Trinajstić information content (AvgIpc) is 3.43. The molecule has 5 nitrogen and oxygen atoms in total. The number of thiophene rings is 1. The molecule has 1 fully saturated rings. The molecule has 0 bridgehead atoms. The molecule has 3 aromatic rings. The lowest BCUT2D eigenvalue weighted by Crippen LogP contribution is -2.25. The predicted molar refractivity (Wildman–Crippen MR) is 108 cm³/mol. The van der Waals surface area contributed by atoms with E-state index in [0.29, 0.717) is 23.9 Å². The van der Waals surface area contributed by atoms with Crippen molar-refractivity contribution in [2.75, 3.05) is 18.0 Å². The Hall–Kier alpha value is -2.60. The Kier molecular flexibility index (Phi) is 5.25. The Morgan fingerprint density at radius 3 is 2.70 bits per heavy atom. The minimum atomic E-state index is -0.0484. The van der Waals surface area contributed by atoms with Crippen LogP contribution in [0.4, 0.5) is 5.69 Å². The standard InChI is InChI=1S/C21H23N3O2S/c1-15-18(23-21(26-15)19-5-4-12-27-19)13-20(25)22-14-16-6-8-17(9-7-16)24-10-2-3-11-24/h4-9,12H,2-3,10-11,13-14H2,1H3,(H,22,25). The summed E-state index contributed by atoms with van der Waals surface area (Å²) in [6.07, 6.45) is 2.77. The molecule has 0 spiro atoms. The van der Waals surface area contributed by atoms with E-state index in [9.17, 15) is 4.79 Å². The molecule has 27 heavy (non-hydrogen) atoms. The van der Waals surface area contributed by atoms with Crippen LogP contribution < -0.4 is 10.2 Å². The maximum atomic E-state index is 12.3. The summed E-state index contributed by atoms with van der Waals surface area (Å²) in [6, 6.07) is 12.4. The molecule has 1 saturated heterocycles. The zero-order valence-electron chi connectivity index (χ0n) is 15.4. The summed E-state index contributed by atoms with van der Waals surface area (Å²) in [4.78, 5) is 20.2. The lowest BCUT2D eigenvalue weighted by molar-refractivity contribution is -0.120. The zero-order chi connectivity index (χ0) is 18.6. The highest BCUT2D eigenvalue weighted by molar-refractivity contribution is 7.13. The first kappa shape index (κ1) is 17.8. The van der Waals surface area contributed by atoms with Gasteiger partial charge in [0.05, 0.1) is 17.0 Å². The number of hydrogen-bond donors (Lipinski definition) is 1. The molecule has 0 atom stereocenters. The summed E-state index contributed by atoms with van der Waals surface area (Å²) >= 11 is 1.57. The fraction of sp³-hybridized carbons (Fsp3) is 0.333. The second-order valence-corrected chi connectivity index (χ2v) is 7.76. The van der Waals surface area contributed by atoms with E-state index in [4.69, 9.17) is 4.42 Å². The van der Waals surface area contributed by atoms with Crippen LogP contribution in [0.1, 0.15) is 29.9 Å². The van der Waals surface area contributed by atoms with E-state index in [2.05, 4.69) is 39.5 Å². The van der Waals surface area contributed by atoms with Crippen LogP contribution in [-0.4, -0.2) is 24.0 Å². The Bertz CT molecular complexity index is 894. The fourth-order valence-electron chi connectivity index (χ4n) is 3.31. The Morgan fingerprint density at radius 2 is 2.00 bits per heavy atom. The second kappa shape index (κ2) is 7.96. The first-order valence-corrected chi connectivity index (χ1v) is 10.2. The van der Waals surface area contributed by atoms with Crippen LogP contribution in [0.15, 0.2) is 46.2 Å². The first-order chi connectivity index (χ1) is 13.2. The molecular formula is C21H23N3O2S. The van der Waals surface area contributed by atoms with Crippen molar-refractivity contribution in [3.05, 3.63) is 58.8 Å². The largest absolute Gasteiger partial charge is 0.440 e. The lowest BCUT2D eigenvalue weighted by atomic mass is 10.2. The third-order valence-electron chi connectivity index (χ3n) is 4.85. The molecule has 140 valence electrons. The molecule has 0 saturated carbocycles. The minimum Gasteiger partial charge on any atom is -0.440 e. The molecule has 1 aliphatic heterocycles. The van der Waals surface area contributed by atoms with Gasteiger partial charge in [-0.1, -0.05) is 18.2 Å². The minimum absolute atomic E-state index is 0.0484. The summed E-state index contributed by atoms with van der Waals surface area (Å²) in [6.45, 7) is 4.65. The number of carbonyl (C=O) groups is 1. The molecule has 4 rings (SSSR count). The number of aryl methyl sites for hydroxylation is 1. The third-order valence-corrected chi connectivity index (χ3v) is 5.71. The summed E-state index contributed by atoms with van der Waals surface area (Å²) < 4.78 is 5.70. The number of oxazole rings is 1. The Morgan fingerprint density at radius 1 is 1.22 bits per heavy atom. The van der Waals surface area contributed by atoms with Gasteiger partial charge in [0.25, 0.3) is 0 Å². The fourth-order valence-corrected chi connectivity index (χ4v) is 3.96. The van der Waals surface area contributed by atoms with Crippen molar-refractivity contribution in [2.45, 2.75) is 32.7 Å². The van der Waals surface area contributed by atoms with Gasteiger partial charge in [0.15, 0.2) is 0 Å². The number of nitrogens with one attached hydrogen (secondary N) is 1. The number of amides is 1.